The van der Waals surface area contributed by atoms with E-state index in [0.29, 0.717) is 11.3 Å². The lowest BCUT2D eigenvalue weighted by molar-refractivity contribution is -0.120. The van der Waals surface area contributed by atoms with E-state index in [1.165, 1.54) is 11.0 Å². The van der Waals surface area contributed by atoms with E-state index in [-0.39, 0.29) is 11.8 Å². The fourth-order valence-corrected chi connectivity index (χ4v) is 2.74. The molecule has 1 heterocycles. The molecule has 3 rings (SSSR count). The maximum absolute atomic E-state index is 12.1. The monoisotopic (exact) mass is 315 g/mol. The van der Waals surface area contributed by atoms with Crippen molar-refractivity contribution in [3.05, 3.63) is 52.5 Å². The predicted molar refractivity (Wildman–Crippen MR) is 77.9 cm³/mol. The smallest absolute Gasteiger partial charge is 0.261 e. The van der Waals surface area contributed by atoms with Crippen molar-refractivity contribution in [2.24, 2.45) is 0 Å². The zero-order valence-corrected chi connectivity index (χ0v) is 11.8. The molecule has 2 aromatic carbocycles. The third-order valence-electron chi connectivity index (χ3n) is 3.19. The van der Waals surface area contributed by atoms with E-state index in [2.05, 4.69) is 15.9 Å². The maximum atomic E-state index is 12.1. The van der Waals surface area contributed by atoms with Crippen LogP contribution in [-0.2, 0) is 9.59 Å². The van der Waals surface area contributed by atoms with Gasteiger partial charge >= 0.3 is 0 Å². The molecule has 0 fully saturated rings. The summed E-state index contributed by atoms with van der Waals surface area (Å²) in [5.41, 5.74) is 1.10. The molecule has 0 bridgehead atoms. The number of hydrogen-bond donors (Lipinski definition) is 0. The fourth-order valence-electron chi connectivity index (χ4n) is 2.26. The van der Waals surface area contributed by atoms with E-state index in [4.69, 9.17) is 0 Å². The summed E-state index contributed by atoms with van der Waals surface area (Å²) in [4.78, 5) is 25.2. The summed E-state index contributed by atoms with van der Waals surface area (Å²) < 4.78 is 0.940. The number of hydrogen-bond acceptors (Lipinski definition) is 2. The van der Waals surface area contributed by atoms with Crippen LogP contribution in [0.25, 0.3) is 10.8 Å². The van der Waals surface area contributed by atoms with E-state index in [1.54, 1.807) is 13.0 Å². The van der Waals surface area contributed by atoms with E-state index < -0.39 is 0 Å². The number of rotatable bonds is 1. The summed E-state index contributed by atoms with van der Waals surface area (Å²) in [6.45, 7) is 1.65. The van der Waals surface area contributed by atoms with Crippen molar-refractivity contribution in [3.8, 4) is 0 Å². The third kappa shape index (κ3) is 1.79. The van der Waals surface area contributed by atoms with E-state index in [9.17, 15) is 9.59 Å². The average molecular weight is 316 g/mol. The molecule has 0 atom stereocenters. The Bertz CT molecular complexity index is 749. The molecule has 0 saturated carbocycles. The first-order valence-corrected chi connectivity index (χ1v) is 6.63. The van der Waals surface area contributed by atoms with Gasteiger partial charge in [0, 0.05) is 21.5 Å². The highest BCUT2D eigenvalue weighted by Crippen LogP contribution is 2.34. The van der Waals surface area contributed by atoms with Gasteiger partial charge in [0.05, 0.1) is 5.69 Å². The highest BCUT2D eigenvalue weighted by molar-refractivity contribution is 9.10. The Morgan fingerprint density at radius 1 is 1.00 bits per heavy atom. The molecule has 1 aliphatic heterocycles. The summed E-state index contributed by atoms with van der Waals surface area (Å²) in [6, 6.07) is 11.3. The fraction of sp³-hybridized carbons (Fsp3) is 0.0667. The van der Waals surface area contributed by atoms with Crippen molar-refractivity contribution >= 4 is 44.2 Å². The number of fused-ring (bicyclic) bond motifs is 1. The summed E-state index contributed by atoms with van der Waals surface area (Å²) in [7, 11) is 0. The highest BCUT2D eigenvalue weighted by Gasteiger charge is 2.30. The van der Waals surface area contributed by atoms with Crippen molar-refractivity contribution in [2.45, 2.75) is 6.92 Å². The van der Waals surface area contributed by atoms with Gasteiger partial charge in [-0.2, -0.15) is 0 Å². The lowest BCUT2D eigenvalue weighted by Crippen LogP contribution is -2.30. The van der Waals surface area contributed by atoms with Crippen molar-refractivity contribution in [1.29, 1.82) is 0 Å². The Labute approximate surface area is 118 Å². The first-order valence-electron chi connectivity index (χ1n) is 5.83. The number of halogens is 1. The normalized spacial score (nSPS) is 15.3. The number of carbonyl (C=O) groups is 2. The predicted octanol–water partition coefficient (Wildman–Crippen LogP) is 3.42. The highest BCUT2D eigenvalue weighted by atomic mass is 79.9. The molecule has 94 valence electrons. The van der Waals surface area contributed by atoms with Gasteiger partial charge in [0.1, 0.15) is 0 Å². The van der Waals surface area contributed by atoms with Gasteiger partial charge in [-0.15, -0.1) is 0 Å². The molecule has 3 nitrogen and oxygen atoms in total. The Morgan fingerprint density at radius 3 is 2.32 bits per heavy atom. The molecule has 0 unspecified atom stereocenters. The van der Waals surface area contributed by atoms with Gasteiger partial charge in [-0.3, -0.25) is 9.59 Å². The minimum absolute atomic E-state index is 0.252. The molecule has 2 aromatic rings. The number of nitrogens with zero attached hydrogens (tertiary/aromatic N) is 1. The van der Waals surface area contributed by atoms with Crippen LogP contribution in [0.2, 0.25) is 0 Å². The first kappa shape index (κ1) is 12.1. The van der Waals surface area contributed by atoms with Crippen LogP contribution in [0.1, 0.15) is 6.92 Å². The molecule has 0 radical (unpaired) electrons. The molecule has 0 N–H and O–H groups in total. The number of anilines is 1. The van der Waals surface area contributed by atoms with Crippen molar-refractivity contribution in [3.63, 3.8) is 0 Å². The molecule has 0 aliphatic carbocycles. The Balaban J connectivity index is 2.25. The number of imide groups is 1. The summed E-state index contributed by atoms with van der Waals surface area (Å²) in [6.07, 6.45) is 1.37. The van der Waals surface area contributed by atoms with Gasteiger partial charge in [0.2, 0.25) is 0 Å². The van der Waals surface area contributed by atoms with E-state index in [0.717, 1.165) is 15.2 Å². The third-order valence-corrected chi connectivity index (χ3v) is 3.88. The molecule has 0 aromatic heterocycles. The topological polar surface area (TPSA) is 37.4 Å². The standard InChI is InChI=1S/C15H10BrNO2/c1-9-8-14(18)17(15(9)19)13-7-6-12(16)10-4-2-3-5-11(10)13/h2-8H,1H3. The largest absolute Gasteiger partial charge is 0.269 e. The molecule has 0 spiro atoms. The van der Waals surface area contributed by atoms with Crippen molar-refractivity contribution < 1.29 is 9.59 Å². The lowest BCUT2D eigenvalue weighted by atomic mass is 10.1. The maximum Gasteiger partial charge on any atom is 0.261 e. The van der Waals surface area contributed by atoms with Crippen LogP contribution in [0, 0.1) is 0 Å². The molecular weight excluding hydrogens is 306 g/mol. The average Bonchev–Trinajstić information content (AvgIpc) is 2.65. The molecule has 19 heavy (non-hydrogen) atoms. The van der Waals surface area contributed by atoms with Gasteiger partial charge in [-0.25, -0.2) is 4.90 Å². The second-order valence-corrected chi connectivity index (χ2v) is 5.27. The zero-order valence-electron chi connectivity index (χ0n) is 10.2. The molecular formula is C15H10BrNO2. The number of benzene rings is 2. The Morgan fingerprint density at radius 2 is 1.68 bits per heavy atom. The van der Waals surface area contributed by atoms with Crippen LogP contribution >= 0.6 is 15.9 Å². The summed E-state index contributed by atoms with van der Waals surface area (Å²) in [5, 5.41) is 1.85. The SMILES string of the molecule is CC1=CC(=O)N(c2ccc(Br)c3ccccc23)C1=O. The summed E-state index contributed by atoms with van der Waals surface area (Å²) >= 11 is 3.48. The second kappa shape index (κ2) is 4.31. The number of amides is 2. The van der Waals surface area contributed by atoms with Gasteiger partial charge in [-0.1, -0.05) is 40.2 Å². The van der Waals surface area contributed by atoms with Crippen LogP contribution in [-0.4, -0.2) is 11.8 Å². The van der Waals surface area contributed by atoms with Crippen LogP contribution in [0.5, 0.6) is 0 Å². The van der Waals surface area contributed by atoms with Crippen LogP contribution in [0.15, 0.2) is 52.5 Å². The zero-order chi connectivity index (χ0) is 13.6. The van der Waals surface area contributed by atoms with Crippen molar-refractivity contribution in [1.82, 2.24) is 0 Å². The van der Waals surface area contributed by atoms with E-state index >= 15 is 0 Å². The van der Waals surface area contributed by atoms with Crippen LogP contribution in [0.4, 0.5) is 5.69 Å². The Kier molecular flexibility index (Phi) is 2.75. The number of carbonyl (C=O) groups excluding carboxylic acids is 2. The van der Waals surface area contributed by atoms with Gasteiger partial charge < -0.3 is 0 Å². The van der Waals surface area contributed by atoms with Gasteiger partial charge in [0.15, 0.2) is 0 Å². The summed E-state index contributed by atoms with van der Waals surface area (Å²) in [5.74, 6) is -0.535. The first-order chi connectivity index (χ1) is 9.09. The van der Waals surface area contributed by atoms with Crippen molar-refractivity contribution in [2.75, 3.05) is 4.90 Å². The molecule has 2 amide bonds. The second-order valence-electron chi connectivity index (χ2n) is 4.42. The van der Waals surface area contributed by atoms with Gasteiger partial charge in [-0.05, 0) is 24.4 Å². The van der Waals surface area contributed by atoms with Gasteiger partial charge in [0.25, 0.3) is 11.8 Å². The minimum Gasteiger partial charge on any atom is -0.269 e. The molecule has 0 saturated heterocycles. The Hall–Kier alpha value is -1.94. The molecule has 4 heteroatoms. The van der Waals surface area contributed by atoms with E-state index in [1.807, 2.05) is 30.3 Å². The quantitative estimate of drug-likeness (QED) is 0.756. The minimum atomic E-state index is -0.282. The molecule has 1 aliphatic rings. The van der Waals surface area contributed by atoms with Crippen LogP contribution in [0.3, 0.4) is 0 Å². The van der Waals surface area contributed by atoms with Crippen LogP contribution < -0.4 is 4.90 Å². The lowest BCUT2D eigenvalue weighted by Gasteiger charge is -2.17.